The molecule has 1 heterocycles. The Kier molecular flexibility index (Phi) is 5.20. The molecule has 0 saturated carbocycles. The molecule has 1 atom stereocenters. The second-order valence-corrected chi connectivity index (χ2v) is 5.69. The first-order valence-electron chi connectivity index (χ1n) is 7.93. The maximum atomic E-state index is 13.9. The number of aliphatic hydroxyl groups is 1. The highest BCUT2D eigenvalue weighted by Gasteiger charge is 2.18. The minimum atomic E-state index is -0.713. The van der Waals surface area contributed by atoms with Crippen LogP contribution >= 0.6 is 0 Å². The smallest absolute Gasteiger partial charge is 0.255 e. The van der Waals surface area contributed by atoms with Crippen molar-refractivity contribution < 1.29 is 14.3 Å². The van der Waals surface area contributed by atoms with Crippen molar-refractivity contribution >= 4 is 5.91 Å². The number of nitrogens with one attached hydrogen (secondary N) is 2. The zero-order valence-corrected chi connectivity index (χ0v) is 13.4. The first kappa shape index (κ1) is 16.9. The molecule has 3 rings (SSSR count). The number of amides is 1. The minimum absolute atomic E-state index is 0.0929. The van der Waals surface area contributed by atoms with E-state index in [1.54, 1.807) is 18.2 Å². The molecule has 0 radical (unpaired) electrons. The van der Waals surface area contributed by atoms with Gasteiger partial charge >= 0.3 is 0 Å². The zero-order chi connectivity index (χ0) is 17.6. The second-order valence-electron chi connectivity index (χ2n) is 5.69. The number of carbonyl (C=O) groups excluding carboxylic acids is 1. The Morgan fingerprint density at radius 3 is 2.64 bits per heavy atom. The van der Waals surface area contributed by atoms with Crippen molar-refractivity contribution in [2.24, 2.45) is 0 Å². The summed E-state index contributed by atoms with van der Waals surface area (Å²) in [6, 6.07) is 15.7. The Hall–Kier alpha value is -2.99. The van der Waals surface area contributed by atoms with Gasteiger partial charge in [0.15, 0.2) is 0 Å². The maximum absolute atomic E-state index is 13.9. The molecular formula is C19H18FN3O2. The third-order valence-electron chi connectivity index (χ3n) is 3.84. The van der Waals surface area contributed by atoms with Crippen molar-refractivity contribution in [2.75, 3.05) is 6.54 Å². The number of rotatable bonds is 6. The number of H-pyrrole nitrogens is 1. The topological polar surface area (TPSA) is 78.0 Å². The predicted molar refractivity (Wildman–Crippen MR) is 92.5 cm³/mol. The fourth-order valence-electron chi connectivity index (χ4n) is 2.59. The van der Waals surface area contributed by atoms with Crippen LogP contribution in [0.5, 0.6) is 0 Å². The number of halogens is 1. The van der Waals surface area contributed by atoms with E-state index in [0.29, 0.717) is 12.1 Å². The summed E-state index contributed by atoms with van der Waals surface area (Å²) >= 11 is 0. The van der Waals surface area contributed by atoms with Crippen LogP contribution in [0.25, 0.3) is 11.3 Å². The van der Waals surface area contributed by atoms with E-state index in [1.807, 2.05) is 30.3 Å². The van der Waals surface area contributed by atoms with E-state index in [1.165, 1.54) is 12.3 Å². The van der Waals surface area contributed by atoms with Crippen LogP contribution in [0.3, 0.4) is 0 Å². The number of carbonyl (C=O) groups is 1. The number of aromatic nitrogens is 2. The molecule has 3 aromatic rings. The van der Waals surface area contributed by atoms with Crippen molar-refractivity contribution in [2.45, 2.75) is 12.5 Å². The van der Waals surface area contributed by atoms with E-state index < -0.39 is 17.8 Å². The molecular weight excluding hydrogens is 321 g/mol. The molecule has 5 nitrogen and oxygen atoms in total. The van der Waals surface area contributed by atoms with E-state index in [-0.39, 0.29) is 17.7 Å². The van der Waals surface area contributed by atoms with Crippen LogP contribution in [0.1, 0.15) is 15.9 Å². The summed E-state index contributed by atoms with van der Waals surface area (Å²) in [5.74, 6) is -0.857. The van der Waals surface area contributed by atoms with E-state index in [4.69, 9.17) is 0 Å². The van der Waals surface area contributed by atoms with E-state index in [2.05, 4.69) is 15.5 Å². The monoisotopic (exact) mass is 339 g/mol. The molecule has 1 aromatic heterocycles. The first-order valence-corrected chi connectivity index (χ1v) is 7.93. The molecule has 1 unspecified atom stereocenters. The highest BCUT2D eigenvalue weighted by Crippen LogP contribution is 2.23. The van der Waals surface area contributed by atoms with E-state index >= 15 is 0 Å². The second kappa shape index (κ2) is 7.72. The molecule has 25 heavy (non-hydrogen) atoms. The summed E-state index contributed by atoms with van der Waals surface area (Å²) in [4.78, 5) is 12.4. The Morgan fingerprint density at radius 1 is 1.16 bits per heavy atom. The summed E-state index contributed by atoms with van der Waals surface area (Å²) in [6.45, 7) is 0.0929. The highest BCUT2D eigenvalue weighted by atomic mass is 19.1. The summed E-state index contributed by atoms with van der Waals surface area (Å²) in [7, 11) is 0. The van der Waals surface area contributed by atoms with Crippen LogP contribution in [-0.2, 0) is 6.42 Å². The number of hydrogen-bond donors (Lipinski definition) is 3. The summed E-state index contributed by atoms with van der Waals surface area (Å²) in [6.07, 6.45) is 1.07. The number of hydrogen-bond acceptors (Lipinski definition) is 3. The Balaban J connectivity index is 1.65. The van der Waals surface area contributed by atoms with Gasteiger partial charge in [0, 0.05) is 18.5 Å². The van der Waals surface area contributed by atoms with Crippen molar-refractivity contribution in [3.63, 3.8) is 0 Å². The maximum Gasteiger partial charge on any atom is 0.255 e. The molecule has 0 saturated heterocycles. The number of aromatic amines is 1. The lowest BCUT2D eigenvalue weighted by atomic mass is 10.1. The van der Waals surface area contributed by atoms with E-state index in [9.17, 15) is 14.3 Å². The standard InChI is InChI=1S/C19H18FN3O2/c20-17-9-5-4-8-15(17)18-16(12-22-23-18)19(25)21-11-14(24)10-13-6-2-1-3-7-13/h1-9,12,14,24H,10-11H2,(H,21,25)(H,22,23). The van der Waals surface area contributed by atoms with Gasteiger partial charge in [0.2, 0.25) is 0 Å². The van der Waals surface area contributed by atoms with Crippen LogP contribution in [0.15, 0.2) is 60.8 Å². The number of nitrogens with zero attached hydrogens (tertiary/aromatic N) is 1. The normalized spacial score (nSPS) is 11.9. The molecule has 0 fully saturated rings. The van der Waals surface area contributed by atoms with Gasteiger partial charge in [-0.25, -0.2) is 4.39 Å². The van der Waals surface area contributed by atoms with Gasteiger partial charge in [-0.15, -0.1) is 0 Å². The number of benzene rings is 2. The summed E-state index contributed by atoms with van der Waals surface area (Å²) < 4.78 is 13.9. The SMILES string of the molecule is O=C(NCC(O)Cc1ccccc1)c1cn[nH]c1-c1ccccc1F. The Bertz CT molecular complexity index is 849. The van der Waals surface area contributed by atoms with Crippen molar-refractivity contribution in [3.05, 3.63) is 77.7 Å². The van der Waals surface area contributed by atoms with Crippen molar-refractivity contribution in [1.82, 2.24) is 15.5 Å². The van der Waals surface area contributed by atoms with Gasteiger partial charge in [-0.2, -0.15) is 5.10 Å². The molecule has 1 amide bonds. The molecule has 128 valence electrons. The van der Waals surface area contributed by atoms with Crippen LogP contribution in [-0.4, -0.2) is 33.9 Å². The predicted octanol–water partition coefficient (Wildman–Crippen LogP) is 2.55. The molecule has 2 aromatic carbocycles. The lowest BCUT2D eigenvalue weighted by molar-refractivity contribution is 0.0916. The van der Waals surface area contributed by atoms with Gasteiger partial charge in [0.1, 0.15) is 5.82 Å². The summed E-state index contributed by atoms with van der Waals surface area (Å²) in [5, 5.41) is 19.2. The third kappa shape index (κ3) is 4.10. The van der Waals surface area contributed by atoms with Gasteiger partial charge in [-0.05, 0) is 17.7 Å². The van der Waals surface area contributed by atoms with Crippen LogP contribution in [0.4, 0.5) is 4.39 Å². The molecule has 0 aliphatic carbocycles. The van der Waals surface area contributed by atoms with Gasteiger partial charge in [-0.1, -0.05) is 42.5 Å². The first-order chi connectivity index (χ1) is 12.1. The highest BCUT2D eigenvalue weighted by molar-refractivity contribution is 5.99. The fraction of sp³-hybridized carbons (Fsp3) is 0.158. The van der Waals surface area contributed by atoms with Gasteiger partial charge in [0.05, 0.1) is 23.6 Å². The number of aliphatic hydroxyl groups excluding tert-OH is 1. The van der Waals surface area contributed by atoms with Crippen LogP contribution < -0.4 is 5.32 Å². The van der Waals surface area contributed by atoms with Gasteiger partial charge in [-0.3, -0.25) is 9.89 Å². The largest absolute Gasteiger partial charge is 0.391 e. The quantitative estimate of drug-likeness (QED) is 0.646. The molecule has 3 N–H and O–H groups in total. The molecule has 0 aliphatic heterocycles. The summed E-state index contributed by atoms with van der Waals surface area (Å²) in [5.41, 5.74) is 1.81. The lowest BCUT2D eigenvalue weighted by Crippen LogP contribution is -2.33. The minimum Gasteiger partial charge on any atom is -0.391 e. The molecule has 6 heteroatoms. The Labute approximate surface area is 144 Å². The Morgan fingerprint density at radius 2 is 1.88 bits per heavy atom. The zero-order valence-electron chi connectivity index (χ0n) is 13.4. The molecule has 0 spiro atoms. The molecule has 0 bridgehead atoms. The van der Waals surface area contributed by atoms with Gasteiger partial charge < -0.3 is 10.4 Å². The van der Waals surface area contributed by atoms with E-state index in [0.717, 1.165) is 5.56 Å². The lowest BCUT2D eigenvalue weighted by Gasteiger charge is -2.12. The van der Waals surface area contributed by atoms with Gasteiger partial charge in [0.25, 0.3) is 5.91 Å². The van der Waals surface area contributed by atoms with Crippen molar-refractivity contribution in [3.8, 4) is 11.3 Å². The average Bonchev–Trinajstić information content (AvgIpc) is 3.10. The van der Waals surface area contributed by atoms with Crippen LogP contribution in [0, 0.1) is 5.82 Å². The van der Waals surface area contributed by atoms with Crippen molar-refractivity contribution in [1.29, 1.82) is 0 Å². The average molecular weight is 339 g/mol. The third-order valence-corrected chi connectivity index (χ3v) is 3.84. The fourth-order valence-corrected chi connectivity index (χ4v) is 2.59. The molecule has 0 aliphatic rings. The van der Waals surface area contributed by atoms with Crippen LogP contribution in [0.2, 0.25) is 0 Å².